The molecule has 1 aromatic heterocycles. The van der Waals surface area contributed by atoms with E-state index >= 15 is 0 Å². The van der Waals surface area contributed by atoms with Crippen molar-refractivity contribution in [3.8, 4) is 0 Å². The van der Waals surface area contributed by atoms with E-state index in [-0.39, 0.29) is 11.9 Å². The number of nitrogens with two attached hydrogens (primary N) is 1. The summed E-state index contributed by atoms with van der Waals surface area (Å²) in [4.78, 5) is 13.8. The van der Waals surface area contributed by atoms with Crippen LogP contribution < -0.4 is 10.6 Å². The average molecular weight is 366 g/mol. The molecule has 0 spiro atoms. The number of quaternary nitrogens is 1. The van der Waals surface area contributed by atoms with E-state index in [1.165, 1.54) is 16.0 Å². The second kappa shape index (κ2) is 8.30. The Labute approximate surface area is 159 Å². The normalized spacial score (nSPS) is 12.0. The van der Waals surface area contributed by atoms with Crippen molar-refractivity contribution in [1.29, 1.82) is 0 Å². The maximum Gasteiger partial charge on any atom is 0.279 e. The number of carbonyl (C=O) groups excluding carboxylic acids is 1. The molecule has 2 aromatic carbocycles. The largest absolute Gasteiger partial charge is 0.328 e. The van der Waals surface area contributed by atoms with Gasteiger partial charge in [-0.3, -0.25) is 4.79 Å². The molecule has 134 valence electrons. The highest BCUT2D eigenvalue weighted by Gasteiger charge is 2.20. The number of para-hydroxylation sites is 1. The number of carbonyl (C=O) groups is 1. The summed E-state index contributed by atoms with van der Waals surface area (Å²) in [5, 5.41) is 7.27. The first-order valence-corrected chi connectivity index (χ1v) is 9.72. The first kappa shape index (κ1) is 18.4. The Morgan fingerprint density at radius 1 is 1.00 bits per heavy atom. The topological polar surface area (TPSA) is 45.7 Å². The van der Waals surface area contributed by atoms with E-state index in [1.807, 2.05) is 32.0 Å². The monoisotopic (exact) mass is 365 g/mol. The van der Waals surface area contributed by atoms with Crippen molar-refractivity contribution >= 4 is 22.9 Å². The lowest BCUT2D eigenvalue weighted by Gasteiger charge is -2.16. The molecule has 0 aliphatic rings. The molecule has 3 nitrogen and oxygen atoms in total. The van der Waals surface area contributed by atoms with Crippen LogP contribution in [0, 0.1) is 20.8 Å². The average Bonchev–Trinajstić information content (AvgIpc) is 3.14. The Hall–Kier alpha value is -2.43. The van der Waals surface area contributed by atoms with Crippen LogP contribution in [0.5, 0.6) is 0 Å². The summed E-state index contributed by atoms with van der Waals surface area (Å²) < 4.78 is 0. The molecule has 0 unspecified atom stereocenters. The van der Waals surface area contributed by atoms with Gasteiger partial charge in [0.25, 0.3) is 5.91 Å². The van der Waals surface area contributed by atoms with E-state index in [4.69, 9.17) is 0 Å². The summed E-state index contributed by atoms with van der Waals surface area (Å²) in [6, 6.07) is 18.9. The highest BCUT2D eigenvalue weighted by molar-refractivity contribution is 7.10. The third-order valence-electron chi connectivity index (χ3n) is 4.57. The molecule has 1 heterocycles. The molecule has 0 bridgehead atoms. The molecule has 0 aliphatic heterocycles. The molecule has 0 saturated carbocycles. The van der Waals surface area contributed by atoms with Gasteiger partial charge < -0.3 is 10.6 Å². The van der Waals surface area contributed by atoms with Gasteiger partial charge in [0.2, 0.25) is 0 Å². The van der Waals surface area contributed by atoms with Crippen LogP contribution in [-0.2, 0) is 4.79 Å². The van der Waals surface area contributed by atoms with Crippen LogP contribution >= 0.6 is 11.3 Å². The number of aryl methyl sites for hydroxylation is 3. The van der Waals surface area contributed by atoms with Crippen LogP contribution in [0.25, 0.3) is 0 Å². The van der Waals surface area contributed by atoms with E-state index in [1.54, 1.807) is 11.3 Å². The summed E-state index contributed by atoms with van der Waals surface area (Å²) in [7, 11) is 0. The summed E-state index contributed by atoms with van der Waals surface area (Å²) in [6.45, 7) is 6.51. The van der Waals surface area contributed by atoms with Crippen LogP contribution in [0.15, 0.2) is 60.0 Å². The number of hydrogen-bond acceptors (Lipinski definition) is 2. The van der Waals surface area contributed by atoms with Gasteiger partial charge in [-0.25, -0.2) is 0 Å². The molecule has 0 fully saturated rings. The van der Waals surface area contributed by atoms with Crippen LogP contribution in [0.2, 0.25) is 0 Å². The number of rotatable bonds is 6. The van der Waals surface area contributed by atoms with Crippen molar-refractivity contribution in [3.05, 3.63) is 87.1 Å². The molecule has 0 radical (unpaired) electrons. The van der Waals surface area contributed by atoms with Gasteiger partial charge in [0.15, 0.2) is 6.54 Å². The summed E-state index contributed by atoms with van der Waals surface area (Å²) >= 11 is 1.73. The molecule has 0 saturated heterocycles. The van der Waals surface area contributed by atoms with Crippen molar-refractivity contribution in [3.63, 3.8) is 0 Å². The van der Waals surface area contributed by atoms with Gasteiger partial charge in [-0.15, -0.1) is 11.3 Å². The Balaban J connectivity index is 1.72. The van der Waals surface area contributed by atoms with Crippen LogP contribution in [0.3, 0.4) is 0 Å². The number of benzene rings is 2. The van der Waals surface area contributed by atoms with Crippen molar-refractivity contribution in [1.82, 2.24) is 0 Å². The quantitative estimate of drug-likeness (QED) is 0.682. The van der Waals surface area contributed by atoms with Gasteiger partial charge in [0.1, 0.15) is 6.04 Å². The molecule has 3 aromatic rings. The van der Waals surface area contributed by atoms with Gasteiger partial charge in [0.05, 0.1) is 4.88 Å². The van der Waals surface area contributed by atoms with Crippen LogP contribution in [0.4, 0.5) is 5.69 Å². The molecule has 0 aliphatic carbocycles. The zero-order valence-corrected chi connectivity index (χ0v) is 16.3. The van der Waals surface area contributed by atoms with Gasteiger partial charge in [-0.2, -0.15) is 0 Å². The fourth-order valence-corrected chi connectivity index (χ4v) is 3.94. The summed E-state index contributed by atoms with van der Waals surface area (Å²) in [5.41, 5.74) is 5.57. The van der Waals surface area contributed by atoms with Gasteiger partial charge in [-0.1, -0.05) is 54.1 Å². The first-order chi connectivity index (χ1) is 12.5. The van der Waals surface area contributed by atoms with Crippen LogP contribution in [0.1, 0.15) is 33.2 Å². The maximum atomic E-state index is 12.5. The van der Waals surface area contributed by atoms with Crippen molar-refractivity contribution in [2.24, 2.45) is 0 Å². The molecule has 3 N–H and O–H groups in total. The number of amides is 1. The molecule has 4 heteroatoms. The molecule has 1 amide bonds. The standard InChI is InChI=1S/C22H24N2OS/c1-15-9-11-18(12-10-15)22(19-8-5-13-26-19)23-14-20(25)24-21-16(2)6-4-7-17(21)3/h4-13,22-23H,14H2,1-3H3,(H,24,25)/p+1/t22-/m1/s1. The van der Waals surface area contributed by atoms with E-state index in [9.17, 15) is 4.79 Å². The molecular weight excluding hydrogens is 340 g/mol. The van der Waals surface area contributed by atoms with Crippen molar-refractivity contribution < 1.29 is 10.1 Å². The lowest BCUT2D eigenvalue weighted by Crippen LogP contribution is -2.87. The number of anilines is 1. The Morgan fingerprint density at radius 2 is 1.69 bits per heavy atom. The summed E-state index contributed by atoms with van der Waals surface area (Å²) in [5.74, 6) is 0.0241. The summed E-state index contributed by atoms with van der Waals surface area (Å²) in [6.07, 6.45) is 0. The molecule has 3 rings (SSSR count). The Kier molecular flexibility index (Phi) is 5.86. The Bertz CT molecular complexity index is 849. The zero-order valence-electron chi connectivity index (χ0n) is 15.5. The number of thiophene rings is 1. The second-order valence-corrected chi connectivity index (χ2v) is 7.64. The molecular formula is C22H25N2OS+. The predicted octanol–water partition coefficient (Wildman–Crippen LogP) is 3.96. The lowest BCUT2D eigenvalue weighted by molar-refractivity contribution is -0.675. The third kappa shape index (κ3) is 4.40. The smallest absolute Gasteiger partial charge is 0.279 e. The van der Waals surface area contributed by atoms with E-state index in [0.29, 0.717) is 6.54 Å². The van der Waals surface area contributed by atoms with Gasteiger partial charge in [0, 0.05) is 11.3 Å². The van der Waals surface area contributed by atoms with Crippen molar-refractivity contribution in [2.45, 2.75) is 26.8 Å². The first-order valence-electron chi connectivity index (χ1n) is 8.84. The van der Waals surface area contributed by atoms with Crippen LogP contribution in [-0.4, -0.2) is 12.5 Å². The third-order valence-corrected chi connectivity index (χ3v) is 5.53. The Morgan fingerprint density at radius 3 is 2.31 bits per heavy atom. The van der Waals surface area contributed by atoms with Crippen molar-refractivity contribution in [2.75, 3.05) is 11.9 Å². The minimum absolute atomic E-state index is 0.0241. The van der Waals surface area contributed by atoms with Gasteiger partial charge >= 0.3 is 0 Å². The fraction of sp³-hybridized carbons (Fsp3) is 0.227. The highest BCUT2D eigenvalue weighted by atomic mass is 32.1. The fourth-order valence-electron chi connectivity index (χ4n) is 3.09. The number of hydrogen-bond donors (Lipinski definition) is 2. The zero-order chi connectivity index (χ0) is 18.5. The van der Waals surface area contributed by atoms with E-state index in [0.717, 1.165) is 16.8 Å². The van der Waals surface area contributed by atoms with E-state index < -0.39 is 0 Å². The minimum atomic E-state index is 0.0241. The second-order valence-electron chi connectivity index (χ2n) is 6.66. The molecule has 26 heavy (non-hydrogen) atoms. The van der Waals surface area contributed by atoms with E-state index in [2.05, 4.69) is 59.3 Å². The molecule has 1 atom stereocenters. The number of nitrogens with one attached hydrogen (secondary N) is 1. The lowest BCUT2D eigenvalue weighted by atomic mass is 10.0. The van der Waals surface area contributed by atoms with Gasteiger partial charge in [-0.05, 0) is 43.3 Å². The SMILES string of the molecule is Cc1ccc([C@@H]([NH2+]CC(=O)Nc2c(C)cccc2C)c2cccs2)cc1. The maximum absolute atomic E-state index is 12.5. The highest BCUT2D eigenvalue weighted by Crippen LogP contribution is 2.23. The predicted molar refractivity (Wildman–Crippen MR) is 109 cm³/mol. The minimum Gasteiger partial charge on any atom is -0.328 e.